The SMILES string of the molecule is O=C(N[C@H](c1c(F)ccc(Cl)c1F)C1CCCC1)c1cn[nH]c1C1CC1. The number of halogens is 3. The molecule has 0 unspecified atom stereocenters. The van der Waals surface area contributed by atoms with Crippen molar-refractivity contribution in [2.75, 3.05) is 0 Å². The van der Waals surface area contributed by atoms with Gasteiger partial charge in [0.05, 0.1) is 28.5 Å². The van der Waals surface area contributed by atoms with Crippen LogP contribution in [0.3, 0.4) is 0 Å². The van der Waals surface area contributed by atoms with Crippen molar-refractivity contribution in [2.24, 2.45) is 5.92 Å². The molecule has 1 amide bonds. The monoisotopic (exact) mass is 379 g/mol. The molecule has 2 saturated carbocycles. The van der Waals surface area contributed by atoms with Crippen molar-refractivity contribution in [1.29, 1.82) is 0 Å². The van der Waals surface area contributed by atoms with E-state index in [2.05, 4.69) is 15.5 Å². The number of carbonyl (C=O) groups is 1. The number of benzene rings is 1. The predicted octanol–water partition coefficient (Wildman–Crippen LogP) is 4.88. The van der Waals surface area contributed by atoms with Gasteiger partial charge in [-0.1, -0.05) is 24.4 Å². The van der Waals surface area contributed by atoms with Gasteiger partial charge in [0, 0.05) is 11.5 Å². The highest BCUT2D eigenvalue weighted by Crippen LogP contribution is 2.42. The van der Waals surface area contributed by atoms with Crippen LogP contribution >= 0.6 is 11.6 Å². The van der Waals surface area contributed by atoms with E-state index in [-0.39, 0.29) is 22.4 Å². The Kier molecular flexibility index (Phi) is 4.69. The first kappa shape index (κ1) is 17.5. The second kappa shape index (κ2) is 6.99. The van der Waals surface area contributed by atoms with Crippen LogP contribution in [0.4, 0.5) is 8.78 Å². The Hall–Kier alpha value is -1.95. The zero-order valence-electron chi connectivity index (χ0n) is 14.2. The maximum atomic E-state index is 14.6. The molecule has 2 N–H and O–H groups in total. The van der Waals surface area contributed by atoms with E-state index in [0.29, 0.717) is 11.5 Å². The summed E-state index contributed by atoms with van der Waals surface area (Å²) in [5, 5.41) is 9.59. The molecule has 0 aliphatic heterocycles. The zero-order chi connectivity index (χ0) is 18.3. The molecule has 138 valence electrons. The summed E-state index contributed by atoms with van der Waals surface area (Å²) < 4.78 is 29.1. The van der Waals surface area contributed by atoms with Gasteiger partial charge < -0.3 is 5.32 Å². The van der Waals surface area contributed by atoms with Crippen LogP contribution in [0.25, 0.3) is 0 Å². The lowest BCUT2D eigenvalue weighted by Gasteiger charge is -2.26. The van der Waals surface area contributed by atoms with Crippen molar-refractivity contribution in [3.63, 3.8) is 0 Å². The molecule has 1 heterocycles. The number of hydrogen-bond donors (Lipinski definition) is 2. The van der Waals surface area contributed by atoms with E-state index in [1.54, 1.807) is 0 Å². The lowest BCUT2D eigenvalue weighted by molar-refractivity contribution is 0.0918. The molecule has 0 spiro atoms. The molecule has 2 aliphatic rings. The molecular weight excluding hydrogens is 360 g/mol. The van der Waals surface area contributed by atoms with Crippen molar-refractivity contribution in [3.8, 4) is 0 Å². The average molecular weight is 380 g/mol. The first-order valence-electron chi connectivity index (χ1n) is 9.03. The van der Waals surface area contributed by atoms with Crippen molar-refractivity contribution >= 4 is 17.5 Å². The van der Waals surface area contributed by atoms with Crippen LogP contribution in [0, 0.1) is 17.6 Å². The van der Waals surface area contributed by atoms with Gasteiger partial charge in [-0.3, -0.25) is 9.89 Å². The quantitative estimate of drug-likeness (QED) is 0.727. The third-order valence-electron chi connectivity index (χ3n) is 5.45. The third-order valence-corrected chi connectivity index (χ3v) is 5.74. The molecule has 1 aromatic heterocycles. The molecule has 1 aromatic carbocycles. The van der Waals surface area contributed by atoms with Crippen LogP contribution in [0.15, 0.2) is 18.3 Å². The lowest BCUT2D eigenvalue weighted by atomic mass is 9.90. The number of nitrogens with one attached hydrogen (secondary N) is 2. The van der Waals surface area contributed by atoms with E-state index in [1.807, 2.05) is 0 Å². The van der Waals surface area contributed by atoms with E-state index in [9.17, 15) is 13.6 Å². The van der Waals surface area contributed by atoms with Crippen LogP contribution in [0.5, 0.6) is 0 Å². The van der Waals surface area contributed by atoms with Crippen molar-refractivity contribution in [2.45, 2.75) is 50.5 Å². The minimum atomic E-state index is -0.793. The Morgan fingerprint density at radius 2 is 1.96 bits per heavy atom. The number of rotatable bonds is 5. The highest BCUT2D eigenvalue weighted by molar-refractivity contribution is 6.30. The van der Waals surface area contributed by atoms with Crippen LogP contribution < -0.4 is 5.32 Å². The molecule has 1 atom stereocenters. The van der Waals surface area contributed by atoms with E-state index >= 15 is 0 Å². The fraction of sp³-hybridized carbons (Fsp3) is 0.474. The van der Waals surface area contributed by atoms with Gasteiger partial charge in [-0.05, 0) is 43.7 Å². The van der Waals surface area contributed by atoms with E-state index in [0.717, 1.165) is 50.3 Å². The molecule has 4 rings (SSSR count). The maximum absolute atomic E-state index is 14.6. The Balaban J connectivity index is 1.67. The van der Waals surface area contributed by atoms with Gasteiger partial charge in [-0.2, -0.15) is 5.10 Å². The smallest absolute Gasteiger partial charge is 0.255 e. The molecule has 2 aromatic rings. The lowest BCUT2D eigenvalue weighted by Crippen LogP contribution is -2.34. The summed E-state index contributed by atoms with van der Waals surface area (Å²) in [7, 11) is 0. The van der Waals surface area contributed by atoms with E-state index < -0.39 is 17.7 Å². The molecular formula is C19H20ClF2N3O. The van der Waals surface area contributed by atoms with Gasteiger partial charge in [0.2, 0.25) is 0 Å². The fourth-order valence-electron chi connectivity index (χ4n) is 3.92. The summed E-state index contributed by atoms with van der Waals surface area (Å²) in [6.07, 6.45) is 7.13. The average Bonchev–Trinajstić information content (AvgIpc) is 3.12. The van der Waals surface area contributed by atoms with Gasteiger partial charge in [-0.25, -0.2) is 8.78 Å². The number of hydrogen-bond acceptors (Lipinski definition) is 2. The van der Waals surface area contributed by atoms with Gasteiger partial charge in [0.15, 0.2) is 0 Å². The molecule has 0 radical (unpaired) electrons. The zero-order valence-corrected chi connectivity index (χ0v) is 15.0. The van der Waals surface area contributed by atoms with Crippen molar-refractivity contribution in [1.82, 2.24) is 15.5 Å². The molecule has 0 saturated heterocycles. The largest absolute Gasteiger partial charge is 0.345 e. The van der Waals surface area contributed by atoms with E-state index in [4.69, 9.17) is 11.6 Å². The Morgan fingerprint density at radius 1 is 1.23 bits per heavy atom. The van der Waals surface area contributed by atoms with Crippen LogP contribution in [-0.4, -0.2) is 16.1 Å². The third kappa shape index (κ3) is 3.22. The number of aromatic amines is 1. The van der Waals surface area contributed by atoms with Gasteiger partial charge in [0.1, 0.15) is 11.6 Å². The second-order valence-corrected chi connectivity index (χ2v) is 7.63. The molecule has 2 fully saturated rings. The van der Waals surface area contributed by atoms with Gasteiger partial charge in [-0.15, -0.1) is 0 Å². The molecule has 0 bridgehead atoms. The molecule has 7 heteroatoms. The normalized spacial score (nSPS) is 18.9. The standard InChI is InChI=1S/C19H20ClF2N3O/c20-13-7-8-14(21)15(16(13)22)18(10-3-1-2-4-10)24-19(26)12-9-23-25-17(12)11-5-6-11/h7-11,18H,1-6H2,(H,23,25)(H,24,26)/t18-/m0/s1. The highest BCUT2D eigenvalue weighted by Gasteiger charge is 2.35. The molecule has 26 heavy (non-hydrogen) atoms. The van der Waals surface area contributed by atoms with Crippen LogP contribution in [-0.2, 0) is 0 Å². The minimum Gasteiger partial charge on any atom is -0.345 e. The number of carbonyl (C=O) groups excluding carboxylic acids is 1. The van der Waals surface area contributed by atoms with E-state index in [1.165, 1.54) is 12.3 Å². The van der Waals surface area contributed by atoms with Crippen LogP contribution in [0.2, 0.25) is 5.02 Å². The van der Waals surface area contributed by atoms with Gasteiger partial charge >= 0.3 is 0 Å². The topological polar surface area (TPSA) is 57.8 Å². The summed E-state index contributed by atoms with van der Waals surface area (Å²) in [5.74, 6) is -1.52. The Labute approximate surface area is 155 Å². The highest BCUT2D eigenvalue weighted by atomic mass is 35.5. The maximum Gasteiger partial charge on any atom is 0.255 e. The first-order chi connectivity index (χ1) is 12.6. The number of nitrogens with zero attached hydrogens (tertiary/aromatic N) is 1. The van der Waals surface area contributed by atoms with Crippen molar-refractivity contribution < 1.29 is 13.6 Å². The second-order valence-electron chi connectivity index (χ2n) is 7.22. The predicted molar refractivity (Wildman–Crippen MR) is 94.1 cm³/mol. The van der Waals surface area contributed by atoms with Gasteiger partial charge in [0.25, 0.3) is 5.91 Å². The minimum absolute atomic E-state index is 0.0160. The first-order valence-corrected chi connectivity index (χ1v) is 9.41. The molecule has 2 aliphatic carbocycles. The fourth-order valence-corrected chi connectivity index (χ4v) is 4.09. The molecule has 4 nitrogen and oxygen atoms in total. The van der Waals surface area contributed by atoms with Crippen molar-refractivity contribution in [3.05, 3.63) is 51.8 Å². The number of H-pyrrole nitrogens is 1. The van der Waals surface area contributed by atoms with Crippen LogP contribution in [0.1, 0.15) is 72.1 Å². The summed E-state index contributed by atoms with van der Waals surface area (Å²) in [4.78, 5) is 12.9. The number of aromatic nitrogens is 2. The number of amides is 1. The Morgan fingerprint density at radius 3 is 2.65 bits per heavy atom. The summed E-state index contributed by atoms with van der Waals surface area (Å²) in [5.41, 5.74) is 1.12. The summed E-state index contributed by atoms with van der Waals surface area (Å²) in [6, 6.07) is 1.61. The summed E-state index contributed by atoms with van der Waals surface area (Å²) in [6.45, 7) is 0. The summed E-state index contributed by atoms with van der Waals surface area (Å²) >= 11 is 5.88. The Bertz CT molecular complexity index is 828.